The van der Waals surface area contributed by atoms with Gasteiger partial charge in [-0.15, -0.1) is 0 Å². The van der Waals surface area contributed by atoms with Gasteiger partial charge in [0.1, 0.15) is 0 Å². The van der Waals surface area contributed by atoms with Crippen LogP contribution in [-0.4, -0.2) is 50.8 Å². The van der Waals surface area contributed by atoms with Crippen LogP contribution in [0.2, 0.25) is 0 Å². The van der Waals surface area contributed by atoms with Gasteiger partial charge in [-0.1, -0.05) is 11.6 Å². The number of carbonyl (C=O) groups is 1. The summed E-state index contributed by atoms with van der Waals surface area (Å²) in [5.41, 5.74) is 1.44. The monoisotopic (exact) mass is 294 g/mol. The molecule has 21 heavy (non-hydrogen) atoms. The van der Waals surface area contributed by atoms with E-state index >= 15 is 0 Å². The van der Waals surface area contributed by atoms with Gasteiger partial charge in [-0.3, -0.25) is 9.79 Å². The molecule has 118 valence electrons. The van der Waals surface area contributed by atoms with Crippen LogP contribution in [0.25, 0.3) is 0 Å². The average Bonchev–Trinajstić information content (AvgIpc) is 2.51. The van der Waals surface area contributed by atoms with Crippen LogP contribution in [-0.2, 0) is 9.53 Å². The smallest absolute Gasteiger partial charge is 0.220 e. The minimum absolute atomic E-state index is 0.140. The number of piperidine rings is 1. The molecule has 1 saturated heterocycles. The first kappa shape index (κ1) is 15.8. The van der Waals surface area contributed by atoms with Gasteiger partial charge >= 0.3 is 0 Å². The molecule has 6 heteroatoms. The number of hydrogen-bond donors (Lipinski definition) is 3. The van der Waals surface area contributed by atoms with Gasteiger partial charge in [0.2, 0.25) is 5.91 Å². The van der Waals surface area contributed by atoms with Gasteiger partial charge in [-0.2, -0.15) is 0 Å². The predicted molar refractivity (Wildman–Crippen MR) is 83.3 cm³/mol. The maximum atomic E-state index is 11.2. The Labute approximate surface area is 126 Å². The molecule has 1 atom stereocenters. The van der Waals surface area contributed by atoms with Crippen molar-refractivity contribution < 1.29 is 9.53 Å². The normalized spacial score (nSPS) is 23.3. The van der Waals surface area contributed by atoms with Crippen LogP contribution in [0.1, 0.15) is 32.6 Å². The van der Waals surface area contributed by atoms with E-state index in [9.17, 15) is 4.79 Å². The Bertz CT molecular complexity index is 396. The van der Waals surface area contributed by atoms with Crippen molar-refractivity contribution in [1.82, 2.24) is 16.0 Å². The maximum Gasteiger partial charge on any atom is 0.220 e. The van der Waals surface area contributed by atoms with Crippen molar-refractivity contribution in [1.29, 1.82) is 0 Å². The molecule has 2 rings (SSSR count). The Hall–Kier alpha value is -1.56. The van der Waals surface area contributed by atoms with Gasteiger partial charge in [0.25, 0.3) is 0 Å². The average molecular weight is 294 g/mol. The highest BCUT2D eigenvalue weighted by Gasteiger charge is 2.18. The van der Waals surface area contributed by atoms with Gasteiger partial charge in [0.15, 0.2) is 5.96 Å². The van der Waals surface area contributed by atoms with E-state index in [1.807, 2.05) is 0 Å². The Morgan fingerprint density at radius 3 is 3.10 bits per heavy atom. The van der Waals surface area contributed by atoms with E-state index in [4.69, 9.17) is 4.74 Å². The molecule has 0 spiro atoms. The molecule has 0 aliphatic carbocycles. The second kappa shape index (κ2) is 8.67. The molecule has 0 radical (unpaired) electrons. The zero-order chi connectivity index (χ0) is 14.9. The van der Waals surface area contributed by atoms with E-state index in [1.165, 1.54) is 5.57 Å². The fourth-order valence-corrected chi connectivity index (χ4v) is 2.47. The van der Waals surface area contributed by atoms with Gasteiger partial charge in [-0.05, 0) is 26.2 Å². The quantitative estimate of drug-likeness (QED) is 0.393. The Morgan fingerprint density at radius 2 is 2.43 bits per heavy atom. The number of aliphatic imine (C=N–C) groups is 1. The molecule has 0 bridgehead atoms. The number of guanidine groups is 1. The molecule has 6 nitrogen and oxygen atoms in total. The fraction of sp³-hybridized carbons (Fsp3) is 0.733. The predicted octanol–water partition coefficient (Wildman–Crippen LogP) is 0.557. The summed E-state index contributed by atoms with van der Waals surface area (Å²) >= 11 is 0. The number of amides is 1. The van der Waals surface area contributed by atoms with Gasteiger partial charge < -0.3 is 20.7 Å². The number of nitrogens with zero attached hydrogens (tertiary/aromatic N) is 1. The second-order valence-electron chi connectivity index (χ2n) is 5.38. The molecule has 3 N–H and O–H groups in total. The first-order valence-corrected chi connectivity index (χ1v) is 7.85. The van der Waals surface area contributed by atoms with Crippen LogP contribution in [0.3, 0.4) is 0 Å². The maximum absolute atomic E-state index is 11.2. The second-order valence-corrected chi connectivity index (χ2v) is 5.38. The summed E-state index contributed by atoms with van der Waals surface area (Å²) in [6, 6.07) is 0.266. The summed E-state index contributed by atoms with van der Waals surface area (Å²) in [5.74, 6) is 0.979. The van der Waals surface area contributed by atoms with Crippen LogP contribution in [0.15, 0.2) is 16.6 Å². The van der Waals surface area contributed by atoms with Crippen LogP contribution < -0.4 is 16.0 Å². The highest BCUT2D eigenvalue weighted by molar-refractivity contribution is 5.81. The largest absolute Gasteiger partial charge is 0.377 e. The first-order valence-electron chi connectivity index (χ1n) is 7.85. The fourth-order valence-electron chi connectivity index (χ4n) is 2.47. The van der Waals surface area contributed by atoms with E-state index in [0.717, 1.165) is 51.5 Å². The third-order valence-corrected chi connectivity index (χ3v) is 3.71. The summed E-state index contributed by atoms with van der Waals surface area (Å²) < 4.78 is 5.30. The van der Waals surface area contributed by atoms with Crippen molar-refractivity contribution >= 4 is 11.9 Å². The molecule has 2 aliphatic heterocycles. The van der Waals surface area contributed by atoms with E-state index in [1.54, 1.807) is 0 Å². The van der Waals surface area contributed by atoms with E-state index in [-0.39, 0.29) is 11.9 Å². The minimum atomic E-state index is 0.140. The Balaban J connectivity index is 1.78. The number of rotatable bonds is 5. The van der Waals surface area contributed by atoms with E-state index < -0.39 is 0 Å². The lowest BCUT2D eigenvalue weighted by Gasteiger charge is -2.25. The van der Waals surface area contributed by atoms with Crippen LogP contribution in [0, 0.1) is 0 Å². The van der Waals surface area contributed by atoms with Gasteiger partial charge in [-0.25, -0.2) is 0 Å². The third-order valence-electron chi connectivity index (χ3n) is 3.71. The molecule has 1 amide bonds. The molecule has 0 aromatic carbocycles. The standard InChI is InChI=1S/C15H26N4O2/c1-2-16-15(19-13-3-4-14(20)18-11-13)17-8-5-12-6-9-21-10-7-12/h6,13H,2-5,7-11H2,1H3,(H,18,20)(H2,16,17,19). The Morgan fingerprint density at radius 1 is 1.52 bits per heavy atom. The lowest BCUT2D eigenvalue weighted by atomic mass is 10.1. The SMILES string of the molecule is CCNC(=NCCC1=CCOCC1)NC1CCC(=O)NC1. The topological polar surface area (TPSA) is 74.8 Å². The van der Waals surface area contributed by atoms with E-state index in [2.05, 4.69) is 33.9 Å². The summed E-state index contributed by atoms with van der Waals surface area (Å²) in [7, 11) is 0. The number of ether oxygens (including phenoxy) is 1. The van der Waals surface area contributed by atoms with Crippen molar-refractivity contribution in [3.63, 3.8) is 0 Å². The molecular weight excluding hydrogens is 268 g/mol. The molecule has 2 aliphatic rings. The zero-order valence-electron chi connectivity index (χ0n) is 12.8. The molecule has 0 aromatic rings. The van der Waals surface area contributed by atoms with Crippen LogP contribution in [0.4, 0.5) is 0 Å². The minimum Gasteiger partial charge on any atom is -0.377 e. The van der Waals surface area contributed by atoms with Gasteiger partial charge in [0.05, 0.1) is 13.2 Å². The van der Waals surface area contributed by atoms with Crippen molar-refractivity contribution in [2.75, 3.05) is 32.8 Å². The number of hydrogen-bond acceptors (Lipinski definition) is 3. The highest BCUT2D eigenvalue weighted by atomic mass is 16.5. The van der Waals surface area contributed by atoms with Crippen molar-refractivity contribution in [2.24, 2.45) is 4.99 Å². The van der Waals surface area contributed by atoms with E-state index in [0.29, 0.717) is 13.0 Å². The first-order chi connectivity index (χ1) is 10.3. The Kier molecular flexibility index (Phi) is 6.53. The van der Waals surface area contributed by atoms with Crippen molar-refractivity contribution in [3.8, 4) is 0 Å². The third kappa shape index (κ3) is 5.75. The van der Waals surface area contributed by atoms with Crippen molar-refractivity contribution in [2.45, 2.75) is 38.6 Å². The lowest BCUT2D eigenvalue weighted by Crippen LogP contribution is -2.51. The molecule has 2 heterocycles. The number of carbonyl (C=O) groups excluding carboxylic acids is 1. The van der Waals surface area contributed by atoms with Gasteiger partial charge in [0, 0.05) is 32.1 Å². The van der Waals surface area contributed by atoms with Crippen LogP contribution in [0.5, 0.6) is 0 Å². The van der Waals surface area contributed by atoms with Crippen molar-refractivity contribution in [3.05, 3.63) is 11.6 Å². The summed E-state index contributed by atoms with van der Waals surface area (Å²) in [4.78, 5) is 15.8. The zero-order valence-corrected chi connectivity index (χ0v) is 12.8. The molecular formula is C15H26N4O2. The summed E-state index contributed by atoms with van der Waals surface area (Å²) in [5, 5.41) is 9.54. The van der Waals surface area contributed by atoms with Crippen LogP contribution >= 0.6 is 0 Å². The molecule has 1 unspecified atom stereocenters. The summed E-state index contributed by atoms with van der Waals surface area (Å²) in [6.45, 7) is 5.91. The molecule has 0 saturated carbocycles. The number of nitrogens with one attached hydrogen (secondary N) is 3. The molecule has 0 aromatic heterocycles. The highest BCUT2D eigenvalue weighted by Crippen LogP contribution is 2.11. The molecule has 1 fully saturated rings. The lowest BCUT2D eigenvalue weighted by molar-refractivity contribution is -0.122. The summed E-state index contributed by atoms with van der Waals surface area (Å²) in [6.07, 6.45) is 5.62.